The zero-order valence-electron chi connectivity index (χ0n) is 13.1. The van der Waals surface area contributed by atoms with Crippen LogP contribution < -0.4 is 11.1 Å². The molecule has 0 amide bonds. The largest absolute Gasteiger partial charge is 0.396 e. The minimum absolute atomic E-state index is 0. The average molecular weight is 347 g/mol. The van der Waals surface area contributed by atoms with E-state index in [1.807, 2.05) is 12.1 Å². The number of hydrogen-bond donors (Lipinski definition) is 3. The highest BCUT2D eigenvalue weighted by Gasteiger charge is 2.35. The summed E-state index contributed by atoms with van der Waals surface area (Å²) >= 11 is 6.14. The van der Waals surface area contributed by atoms with Gasteiger partial charge in [0.15, 0.2) is 0 Å². The molecule has 0 radical (unpaired) electrons. The van der Waals surface area contributed by atoms with Gasteiger partial charge in [-0.15, -0.1) is 12.4 Å². The molecule has 0 heterocycles. The lowest BCUT2D eigenvalue weighted by atomic mass is 9.68. The van der Waals surface area contributed by atoms with Crippen LogP contribution in [0.5, 0.6) is 0 Å². The van der Waals surface area contributed by atoms with Crippen LogP contribution in [0.4, 0.5) is 0 Å². The molecule has 1 aromatic carbocycles. The second kappa shape index (κ2) is 9.74. The molecule has 1 saturated carbocycles. The molecule has 0 aliphatic heterocycles. The third-order valence-electron chi connectivity index (χ3n) is 4.79. The zero-order valence-corrected chi connectivity index (χ0v) is 14.6. The first-order chi connectivity index (χ1) is 10.2. The van der Waals surface area contributed by atoms with Crippen LogP contribution in [0.2, 0.25) is 5.02 Å². The summed E-state index contributed by atoms with van der Waals surface area (Å²) in [4.78, 5) is 0. The first kappa shape index (κ1) is 19.7. The Morgan fingerprint density at radius 2 is 2.00 bits per heavy atom. The summed E-state index contributed by atoms with van der Waals surface area (Å²) < 4.78 is 0. The van der Waals surface area contributed by atoms with Crippen LogP contribution in [0, 0.1) is 0 Å². The summed E-state index contributed by atoms with van der Waals surface area (Å²) in [7, 11) is 0. The lowest BCUT2D eigenvalue weighted by molar-refractivity contribution is 0.246. The molecule has 0 atom stereocenters. The van der Waals surface area contributed by atoms with Crippen molar-refractivity contribution in [2.24, 2.45) is 5.73 Å². The van der Waals surface area contributed by atoms with Crippen LogP contribution in [0.15, 0.2) is 24.3 Å². The first-order valence-electron chi connectivity index (χ1n) is 8.00. The van der Waals surface area contributed by atoms with Crippen LogP contribution in [0.25, 0.3) is 0 Å². The lowest BCUT2D eigenvalue weighted by Crippen LogP contribution is -2.44. The molecule has 0 aromatic heterocycles. The summed E-state index contributed by atoms with van der Waals surface area (Å²) in [6.07, 6.45) is 6.47. The molecule has 126 valence electrons. The smallest absolute Gasteiger partial charge is 0.0431 e. The van der Waals surface area contributed by atoms with E-state index in [9.17, 15) is 0 Å². The van der Waals surface area contributed by atoms with Gasteiger partial charge in [-0.1, -0.05) is 23.7 Å². The van der Waals surface area contributed by atoms with E-state index in [1.54, 1.807) is 0 Å². The number of aliphatic hydroxyl groups is 1. The van der Waals surface area contributed by atoms with Crippen LogP contribution in [0.1, 0.15) is 44.1 Å². The molecule has 1 aromatic rings. The number of unbranched alkanes of at least 4 members (excludes halogenated alkanes) is 1. The van der Waals surface area contributed by atoms with Gasteiger partial charge in [0.2, 0.25) is 0 Å². The summed E-state index contributed by atoms with van der Waals surface area (Å²) in [6, 6.07) is 8.76. The maximum atomic E-state index is 8.80. The van der Waals surface area contributed by atoms with Gasteiger partial charge in [0, 0.05) is 29.6 Å². The highest BCUT2D eigenvalue weighted by atomic mass is 35.5. The number of hydrogen-bond acceptors (Lipinski definition) is 3. The third kappa shape index (κ3) is 5.10. The van der Waals surface area contributed by atoms with E-state index in [0.717, 1.165) is 50.1 Å². The minimum atomic E-state index is 0. The van der Waals surface area contributed by atoms with Crippen LogP contribution in [-0.4, -0.2) is 30.8 Å². The fourth-order valence-electron chi connectivity index (χ4n) is 3.35. The van der Waals surface area contributed by atoms with E-state index in [2.05, 4.69) is 17.4 Å². The zero-order chi connectivity index (χ0) is 15.1. The fourth-order valence-corrected chi connectivity index (χ4v) is 3.54. The first-order valence-corrected chi connectivity index (χ1v) is 8.38. The summed E-state index contributed by atoms with van der Waals surface area (Å²) in [5, 5.41) is 13.2. The second-order valence-electron chi connectivity index (χ2n) is 6.15. The quantitative estimate of drug-likeness (QED) is 0.664. The van der Waals surface area contributed by atoms with Crippen LogP contribution in [0.3, 0.4) is 0 Å². The maximum Gasteiger partial charge on any atom is 0.0431 e. The Morgan fingerprint density at radius 1 is 1.27 bits per heavy atom. The standard InChI is InChI=1S/C17H27ClN2O.ClH/c18-15-5-3-4-14(12-15)17(13-19)8-6-16(7-9-17)20-10-1-2-11-21;/h3-5,12,16,20-21H,1-2,6-11,13,19H2;1H/t16-,17+;. The van der Waals surface area contributed by atoms with E-state index in [-0.39, 0.29) is 24.4 Å². The second-order valence-corrected chi connectivity index (χ2v) is 6.59. The van der Waals surface area contributed by atoms with Crippen molar-refractivity contribution in [1.82, 2.24) is 5.32 Å². The Morgan fingerprint density at radius 3 is 2.59 bits per heavy atom. The number of benzene rings is 1. The van der Waals surface area contributed by atoms with Crippen molar-refractivity contribution in [2.75, 3.05) is 19.7 Å². The van der Waals surface area contributed by atoms with Gasteiger partial charge in [0.05, 0.1) is 0 Å². The van der Waals surface area contributed by atoms with E-state index in [4.69, 9.17) is 22.4 Å². The molecule has 0 unspecified atom stereocenters. The average Bonchev–Trinajstić information content (AvgIpc) is 2.52. The fraction of sp³-hybridized carbons (Fsp3) is 0.647. The summed E-state index contributed by atoms with van der Waals surface area (Å²) in [6.45, 7) is 1.97. The van der Waals surface area contributed by atoms with E-state index >= 15 is 0 Å². The van der Waals surface area contributed by atoms with Crippen LogP contribution >= 0.6 is 24.0 Å². The van der Waals surface area contributed by atoms with Crippen molar-refractivity contribution < 1.29 is 5.11 Å². The third-order valence-corrected chi connectivity index (χ3v) is 5.02. The Kier molecular flexibility index (Phi) is 8.73. The molecular formula is C17H28Cl2N2O. The minimum Gasteiger partial charge on any atom is -0.396 e. The van der Waals surface area contributed by atoms with Gasteiger partial charge in [-0.3, -0.25) is 0 Å². The van der Waals surface area contributed by atoms with E-state index in [0.29, 0.717) is 12.6 Å². The predicted octanol–water partition coefficient (Wildman–Crippen LogP) is 3.26. The van der Waals surface area contributed by atoms with Gasteiger partial charge in [0.1, 0.15) is 0 Å². The Hall–Kier alpha value is -0.320. The molecule has 1 fully saturated rings. The van der Waals surface area contributed by atoms with Crippen molar-refractivity contribution in [3.8, 4) is 0 Å². The molecular weight excluding hydrogens is 319 g/mol. The normalized spacial score (nSPS) is 24.8. The number of rotatable bonds is 7. The summed E-state index contributed by atoms with van der Waals surface area (Å²) in [5.41, 5.74) is 7.49. The number of aliphatic hydroxyl groups excluding tert-OH is 1. The Labute approximate surface area is 145 Å². The molecule has 0 bridgehead atoms. The molecule has 5 heteroatoms. The SMILES string of the molecule is Cl.NC[C@]1(c2cccc(Cl)c2)CC[C@@H](NCCCCO)CC1. The number of nitrogens with one attached hydrogen (secondary N) is 1. The Balaban J connectivity index is 0.00000242. The summed E-state index contributed by atoms with van der Waals surface area (Å²) in [5.74, 6) is 0. The molecule has 22 heavy (non-hydrogen) atoms. The maximum absolute atomic E-state index is 8.80. The molecule has 2 rings (SSSR count). The van der Waals surface area contributed by atoms with Gasteiger partial charge >= 0.3 is 0 Å². The molecule has 3 nitrogen and oxygen atoms in total. The molecule has 4 N–H and O–H groups in total. The highest BCUT2D eigenvalue weighted by molar-refractivity contribution is 6.30. The molecule has 0 saturated heterocycles. The van der Waals surface area contributed by atoms with Gasteiger partial charge in [-0.05, 0) is 62.8 Å². The lowest BCUT2D eigenvalue weighted by Gasteiger charge is -2.40. The van der Waals surface area contributed by atoms with Crippen LogP contribution in [-0.2, 0) is 5.41 Å². The van der Waals surface area contributed by atoms with Crippen molar-refractivity contribution in [3.05, 3.63) is 34.9 Å². The Bertz CT molecular complexity index is 434. The van der Waals surface area contributed by atoms with Crippen molar-refractivity contribution in [1.29, 1.82) is 0 Å². The monoisotopic (exact) mass is 346 g/mol. The van der Waals surface area contributed by atoms with Gasteiger partial charge in [0.25, 0.3) is 0 Å². The van der Waals surface area contributed by atoms with Crippen molar-refractivity contribution >= 4 is 24.0 Å². The van der Waals surface area contributed by atoms with E-state index in [1.165, 1.54) is 5.56 Å². The van der Waals surface area contributed by atoms with E-state index < -0.39 is 0 Å². The molecule has 1 aliphatic carbocycles. The number of halogens is 2. The predicted molar refractivity (Wildman–Crippen MR) is 96.0 cm³/mol. The van der Waals surface area contributed by atoms with Crippen molar-refractivity contribution in [3.63, 3.8) is 0 Å². The highest BCUT2D eigenvalue weighted by Crippen LogP contribution is 2.39. The number of nitrogens with two attached hydrogens (primary N) is 1. The van der Waals surface area contributed by atoms with Gasteiger partial charge in [-0.25, -0.2) is 0 Å². The molecule has 1 aliphatic rings. The topological polar surface area (TPSA) is 58.3 Å². The molecule has 0 spiro atoms. The van der Waals surface area contributed by atoms with Crippen molar-refractivity contribution in [2.45, 2.75) is 50.0 Å². The van der Waals surface area contributed by atoms with Gasteiger partial charge < -0.3 is 16.2 Å². The van der Waals surface area contributed by atoms with Gasteiger partial charge in [-0.2, -0.15) is 0 Å².